The molecule has 26 heavy (non-hydrogen) atoms. The average molecular weight is 349 g/mol. The Balaban J connectivity index is 1.55. The third kappa shape index (κ3) is 3.65. The summed E-state index contributed by atoms with van der Waals surface area (Å²) >= 11 is 0. The minimum Gasteiger partial charge on any atom is -0.337 e. The Bertz CT molecular complexity index is 857. The molecular formula is C22H27N3O. The quantitative estimate of drug-likeness (QED) is 0.543. The molecule has 1 saturated heterocycles. The van der Waals surface area contributed by atoms with Crippen LogP contribution in [-0.4, -0.2) is 28.1 Å². The van der Waals surface area contributed by atoms with Crippen LogP contribution in [0.5, 0.6) is 0 Å². The van der Waals surface area contributed by atoms with E-state index in [2.05, 4.69) is 59.4 Å². The highest BCUT2D eigenvalue weighted by Gasteiger charge is 2.28. The van der Waals surface area contributed by atoms with E-state index in [0.29, 0.717) is 5.82 Å². The molecule has 0 bridgehead atoms. The SMILES string of the molecule is CCCCCN1CCCC[C@H]1c1nc(-c2ccc3ccccc3c2)no1. The van der Waals surface area contributed by atoms with Crippen molar-refractivity contribution in [2.24, 2.45) is 0 Å². The van der Waals surface area contributed by atoms with E-state index in [1.807, 2.05) is 0 Å². The zero-order chi connectivity index (χ0) is 17.8. The van der Waals surface area contributed by atoms with Gasteiger partial charge in [0.1, 0.15) is 0 Å². The molecule has 1 aliphatic rings. The van der Waals surface area contributed by atoms with Gasteiger partial charge in [-0.15, -0.1) is 0 Å². The lowest BCUT2D eigenvalue weighted by Crippen LogP contribution is -2.34. The minimum absolute atomic E-state index is 0.280. The number of unbranched alkanes of at least 4 members (excludes halogenated alkanes) is 2. The maximum atomic E-state index is 5.70. The fourth-order valence-electron chi connectivity index (χ4n) is 3.92. The Kier molecular flexibility index (Phi) is 5.30. The van der Waals surface area contributed by atoms with E-state index in [4.69, 9.17) is 9.51 Å². The van der Waals surface area contributed by atoms with Crippen molar-refractivity contribution >= 4 is 10.8 Å². The van der Waals surface area contributed by atoms with Gasteiger partial charge >= 0.3 is 0 Å². The van der Waals surface area contributed by atoms with Crippen LogP contribution < -0.4 is 0 Å². The fraction of sp³-hybridized carbons (Fsp3) is 0.455. The van der Waals surface area contributed by atoms with Gasteiger partial charge in [-0.05, 0) is 49.2 Å². The van der Waals surface area contributed by atoms with Gasteiger partial charge in [0.2, 0.25) is 11.7 Å². The standard InChI is InChI=1S/C22H27N3O/c1-2-3-7-14-25-15-8-6-11-20(25)22-23-21(24-26-22)19-13-12-17-9-4-5-10-18(17)16-19/h4-5,9-10,12-13,16,20H,2-3,6-8,11,14-15H2,1H3/t20-/m0/s1. The van der Waals surface area contributed by atoms with Crippen molar-refractivity contribution in [2.75, 3.05) is 13.1 Å². The molecule has 0 aliphatic carbocycles. The number of fused-ring (bicyclic) bond motifs is 1. The minimum atomic E-state index is 0.280. The molecule has 2 aromatic carbocycles. The average Bonchev–Trinajstić information content (AvgIpc) is 3.18. The zero-order valence-corrected chi connectivity index (χ0v) is 15.5. The van der Waals surface area contributed by atoms with E-state index in [1.54, 1.807) is 0 Å². The lowest BCUT2D eigenvalue weighted by Gasteiger charge is -2.33. The van der Waals surface area contributed by atoms with Crippen LogP contribution in [-0.2, 0) is 0 Å². The van der Waals surface area contributed by atoms with Crippen molar-refractivity contribution in [3.05, 3.63) is 48.4 Å². The number of hydrogen-bond acceptors (Lipinski definition) is 4. The van der Waals surface area contributed by atoms with E-state index in [-0.39, 0.29) is 6.04 Å². The van der Waals surface area contributed by atoms with Crippen LogP contribution in [0.2, 0.25) is 0 Å². The molecule has 0 saturated carbocycles. The van der Waals surface area contributed by atoms with Crippen molar-refractivity contribution < 1.29 is 4.52 Å². The second-order valence-electron chi connectivity index (χ2n) is 7.27. The molecule has 3 aromatic rings. The lowest BCUT2D eigenvalue weighted by molar-refractivity contribution is 0.117. The summed E-state index contributed by atoms with van der Waals surface area (Å²) in [7, 11) is 0. The van der Waals surface area contributed by atoms with Crippen LogP contribution in [0.1, 0.15) is 57.4 Å². The van der Waals surface area contributed by atoms with Crippen LogP contribution in [0.3, 0.4) is 0 Å². The van der Waals surface area contributed by atoms with Crippen LogP contribution >= 0.6 is 0 Å². The molecule has 4 heteroatoms. The molecule has 4 nitrogen and oxygen atoms in total. The van der Waals surface area contributed by atoms with Crippen LogP contribution in [0.4, 0.5) is 0 Å². The topological polar surface area (TPSA) is 42.2 Å². The molecule has 0 spiro atoms. The molecule has 0 radical (unpaired) electrons. The maximum Gasteiger partial charge on any atom is 0.244 e. The van der Waals surface area contributed by atoms with Gasteiger partial charge in [0.15, 0.2) is 0 Å². The van der Waals surface area contributed by atoms with E-state index >= 15 is 0 Å². The Labute approximate surface area is 155 Å². The van der Waals surface area contributed by atoms with Gasteiger partial charge in [-0.3, -0.25) is 4.90 Å². The maximum absolute atomic E-state index is 5.70. The molecule has 0 N–H and O–H groups in total. The molecule has 1 atom stereocenters. The molecule has 0 unspecified atom stereocenters. The Morgan fingerprint density at radius 2 is 1.96 bits per heavy atom. The number of nitrogens with zero attached hydrogens (tertiary/aromatic N) is 3. The third-order valence-electron chi connectivity index (χ3n) is 5.40. The third-order valence-corrected chi connectivity index (χ3v) is 5.40. The normalized spacial score (nSPS) is 18.4. The lowest BCUT2D eigenvalue weighted by atomic mass is 10.0. The zero-order valence-electron chi connectivity index (χ0n) is 15.5. The Morgan fingerprint density at radius 3 is 2.85 bits per heavy atom. The smallest absolute Gasteiger partial charge is 0.244 e. The Morgan fingerprint density at radius 1 is 1.08 bits per heavy atom. The monoisotopic (exact) mass is 349 g/mol. The largest absolute Gasteiger partial charge is 0.337 e. The van der Waals surface area contributed by atoms with Gasteiger partial charge in [-0.2, -0.15) is 4.98 Å². The molecule has 1 fully saturated rings. The highest BCUT2D eigenvalue weighted by atomic mass is 16.5. The van der Waals surface area contributed by atoms with Gasteiger partial charge in [0, 0.05) is 5.56 Å². The van der Waals surface area contributed by atoms with Crippen molar-refractivity contribution in [1.29, 1.82) is 0 Å². The summed E-state index contributed by atoms with van der Waals surface area (Å²) in [5.41, 5.74) is 1.02. The van der Waals surface area contributed by atoms with E-state index in [0.717, 1.165) is 31.0 Å². The molecule has 4 rings (SSSR count). The highest BCUT2D eigenvalue weighted by molar-refractivity contribution is 5.86. The van der Waals surface area contributed by atoms with Crippen molar-refractivity contribution in [3.63, 3.8) is 0 Å². The fourth-order valence-corrected chi connectivity index (χ4v) is 3.92. The van der Waals surface area contributed by atoms with E-state index in [1.165, 1.54) is 42.9 Å². The van der Waals surface area contributed by atoms with E-state index < -0.39 is 0 Å². The first-order valence-electron chi connectivity index (χ1n) is 9.92. The molecule has 0 amide bonds. The van der Waals surface area contributed by atoms with Crippen LogP contribution in [0, 0.1) is 0 Å². The predicted molar refractivity (Wildman–Crippen MR) is 105 cm³/mol. The molecule has 1 aromatic heterocycles. The molecule has 136 valence electrons. The summed E-state index contributed by atoms with van der Waals surface area (Å²) in [6.45, 7) is 4.52. The van der Waals surface area contributed by atoms with Gasteiger partial charge in [-0.1, -0.05) is 67.7 Å². The Hall–Kier alpha value is -2.20. The second-order valence-corrected chi connectivity index (χ2v) is 7.27. The first kappa shape index (κ1) is 17.2. The molecular weight excluding hydrogens is 322 g/mol. The van der Waals surface area contributed by atoms with Crippen LogP contribution in [0.15, 0.2) is 47.0 Å². The molecule has 2 heterocycles. The number of likely N-dealkylation sites (tertiary alicyclic amines) is 1. The number of rotatable bonds is 6. The van der Waals surface area contributed by atoms with Gasteiger partial charge in [0.25, 0.3) is 0 Å². The predicted octanol–water partition coefficient (Wildman–Crippen LogP) is 5.61. The van der Waals surface area contributed by atoms with Crippen molar-refractivity contribution in [2.45, 2.75) is 51.5 Å². The summed E-state index contributed by atoms with van der Waals surface area (Å²) in [6, 6.07) is 15.0. The molecule has 1 aliphatic heterocycles. The van der Waals surface area contributed by atoms with Crippen LogP contribution in [0.25, 0.3) is 22.2 Å². The number of benzene rings is 2. The number of aromatic nitrogens is 2. The van der Waals surface area contributed by atoms with E-state index in [9.17, 15) is 0 Å². The first-order chi connectivity index (χ1) is 12.8. The van der Waals surface area contributed by atoms with Crippen molar-refractivity contribution in [1.82, 2.24) is 15.0 Å². The second kappa shape index (κ2) is 8.00. The van der Waals surface area contributed by atoms with Gasteiger partial charge < -0.3 is 4.52 Å². The van der Waals surface area contributed by atoms with Gasteiger partial charge in [-0.25, -0.2) is 0 Å². The number of piperidine rings is 1. The summed E-state index contributed by atoms with van der Waals surface area (Å²) in [6.07, 6.45) is 7.42. The summed E-state index contributed by atoms with van der Waals surface area (Å²) < 4.78 is 5.70. The van der Waals surface area contributed by atoms with Crippen molar-refractivity contribution in [3.8, 4) is 11.4 Å². The summed E-state index contributed by atoms with van der Waals surface area (Å²) in [5.74, 6) is 1.48. The highest BCUT2D eigenvalue weighted by Crippen LogP contribution is 2.31. The first-order valence-corrected chi connectivity index (χ1v) is 9.92. The summed E-state index contributed by atoms with van der Waals surface area (Å²) in [4.78, 5) is 7.31. The number of hydrogen-bond donors (Lipinski definition) is 0. The summed E-state index contributed by atoms with van der Waals surface area (Å²) in [5, 5.41) is 6.72. The van der Waals surface area contributed by atoms with Gasteiger partial charge in [0.05, 0.1) is 6.04 Å².